The van der Waals surface area contributed by atoms with Crippen molar-refractivity contribution in [2.24, 2.45) is 5.92 Å². The molecule has 1 aliphatic heterocycles. The van der Waals surface area contributed by atoms with Crippen molar-refractivity contribution in [1.82, 2.24) is 5.32 Å². The third-order valence-corrected chi connectivity index (χ3v) is 3.79. The first kappa shape index (κ1) is 13.4. The van der Waals surface area contributed by atoms with E-state index in [0.717, 1.165) is 6.42 Å². The highest BCUT2D eigenvalue weighted by Crippen LogP contribution is 2.34. The molecule has 3 unspecified atom stereocenters. The van der Waals surface area contributed by atoms with Gasteiger partial charge in [-0.1, -0.05) is 0 Å². The van der Waals surface area contributed by atoms with Crippen molar-refractivity contribution in [3.05, 3.63) is 34.9 Å². The molecule has 0 spiro atoms. The number of benzene rings is 1. The molecule has 1 aromatic carbocycles. The van der Waals surface area contributed by atoms with E-state index in [4.69, 9.17) is 4.74 Å². The second-order valence-electron chi connectivity index (χ2n) is 4.92. The van der Waals surface area contributed by atoms with Crippen LogP contribution < -0.4 is 5.32 Å². The van der Waals surface area contributed by atoms with Crippen molar-refractivity contribution in [3.63, 3.8) is 0 Å². The highest BCUT2D eigenvalue weighted by atomic mass is 19.1. The Morgan fingerprint density at radius 2 is 2.06 bits per heavy atom. The number of hydrogen-bond donors (Lipinski definition) is 1. The Morgan fingerprint density at radius 1 is 1.33 bits per heavy atom. The van der Waals surface area contributed by atoms with Gasteiger partial charge in [0.1, 0.15) is 11.6 Å². The third kappa shape index (κ3) is 2.40. The quantitative estimate of drug-likeness (QED) is 0.896. The Hall–Kier alpha value is -1.00. The van der Waals surface area contributed by atoms with Crippen molar-refractivity contribution in [2.45, 2.75) is 32.4 Å². The lowest BCUT2D eigenvalue weighted by molar-refractivity contribution is 0.0958. The lowest BCUT2D eigenvalue weighted by Crippen LogP contribution is -2.30. The molecule has 1 fully saturated rings. The summed E-state index contributed by atoms with van der Waals surface area (Å²) in [6.07, 6.45) is 0.924. The molecule has 1 N–H and O–H groups in total. The lowest BCUT2D eigenvalue weighted by Gasteiger charge is -2.26. The van der Waals surface area contributed by atoms with Crippen LogP contribution in [-0.4, -0.2) is 19.8 Å². The van der Waals surface area contributed by atoms with Crippen LogP contribution in [0.3, 0.4) is 0 Å². The highest BCUT2D eigenvalue weighted by molar-refractivity contribution is 5.28. The number of hydrogen-bond acceptors (Lipinski definition) is 2. The summed E-state index contributed by atoms with van der Waals surface area (Å²) in [5.74, 6) is -0.544. The van der Waals surface area contributed by atoms with Gasteiger partial charge in [-0.05, 0) is 45.0 Å². The topological polar surface area (TPSA) is 21.3 Å². The number of aryl methyl sites for hydroxylation is 1. The van der Waals surface area contributed by atoms with E-state index in [0.29, 0.717) is 17.7 Å². The van der Waals surface area contributed by atoms with Gasteiger partial charge in [0, 0.05) is 24.1 Å². The summed E-state index contributed by atoms with van der Waals surface area (Å²) in [5.41, 5.74) is 0.727. The van der Waals surface area contributed by atoms with E-state index in [1.807, 2.05) is 6.92 Å². The summed E-state index contributed by atoms with van der Waals surface area (Å²) in [7, 11) is 1.77. The van der Waals surface area contributed by atoms with Crippen LogP contribution in [0.1, 0.15) is 30.5 Å². The first-order valence-corrected chi connectivity index (χ1v) is 6.29. The minimum atomic E-state index is -0.363. The maximum Gasteiger partial charge on any atom is 0.128 e. The van der Waals surface area contributed by atoms with Gasteiger partial charge in [0.2, 0.25) is 0 Å². The SMILES string of the molecule is CNC(c1cc(F)c(C)cc1F)C1CCOC1C. The molecule has 0 aliphatic carbocycles. The molecule has 1 heterocycles. The summed E-state index contributed by atoms with van der Waals surface area (Å²) >= 11 is 0. The molecule has 0 radical (unpaired) electrons. The van der Waals surface area contributed by atoms with Gasteiger partial charge in [0.15, 0.2) is 0 Å². The van der Waals surface area contributed by atoms with Crippen LogP contribution in [0.15, 0.2) is 12.1 Å². The van der Waals surface area contributed by atoms with Crippen LogP contribution in [0, 0.1) is 24.5 Å². The minimum Gasteiger partial charge on any atom is -0.378 e. The van der Waals surface area contributed by atoms with Gasteiger partial charge in [0.25, 0.3) is 0 Å². The Morgan fingerprint density at radius 3 is 2.61 bits per heavy atom. The van der Waals surface area contributed by atoms with Gasteiger partial charge >= 0.3 is 0 Å². The fourth-order valence-electron chi connectivity index (χ4n) is 2.69. The molecule has 2 rings (SSSR count). The molecule has 0 saturated carbocycles. The predicted octanol–water partition coefficient (Wildman–Crippen LogP) is 2.96. The second kappa shape index (κ2) is 5.33. The molecule has 100 valence electrons. The molecule has 3 atom stereocenters. The van der Waals surface area contributed by atoms with E-state index in [9.17, 15) is 8.78 Å². The smallest absolute Gasteiger partial charge is 0.128 e. The Balaban J connectivity index is 2.35. The first-order valence-electron chi connectivity index (χ1n) is 6.29. The maximum absolute atomic E-state index is 14.0. The van der Waals surface area contributed by atoms with Gasteiger partial charge in [-0.15, -0.1) is 0 Å². The molecule has 2 nitrogen and oxygen atoms in total. The van der Waals surface area contributed by atoms with Crippen molar-refractivity contribution in [1.29, 1.82) is 0 Å². The molecule has 1 aliphatic rings. The Labute approximate surface area is 106 Å². The van der Waals surface area contributed by atoms with Gasteiger partial charge in [-0.25, -0.2) is 8.78 Å². The van der Waals surface area contributed by atoms with Crippen molar-refractivity contribution < 1.29 is 13.5 Å². The number of halogens is 2. The molecular formula is C14H19F2NO. The summed E-state index contributed by atoms with van der Waals surface area (Å²) in [5, 5.41) is 3.09. The summed E-state index contributed by atoms with van der Waals surface area (Å²) in [6.45, 7) is 4.22. The molecule has 0 bridgehead atoms. The normalized spacial score (nSPS) is 25.4. The van der Waals surface area contributed by atoms with E-state index in [1.165, 1.54) is 12.1 Å². The van der Waals surface area contributed by atoms with Crippen molar-refractivity contribution in [3.8, 4) is 0 Å². The Bertz CT molecular complexity index is 436. The van der Waals surface area contributed by atoms with Crippen LogP contribution in [0.5, 0.6) is 0 Å². The molecule has 0 aromatic heterocycles. The number of nitrogens with one attached hydrogen (secondary N) is 1. The zero-order valence-corrected chi connectivity index (χ0v) is 11.0. The molecule has 1 saturated heterocycles. The average Bonchev–Trinajstić information content (AvgIpc) is 2.73. The molecule has 18 heavy (non-hydrogen) atoms. The van der Waals surface area contributed by atoms with Crippen LogP contribution in [-0.2, 0) is 4.74 Å². The second-order valence-corrected chi connectivity index (χ2v) is 4.92. The summed E-state index contributed by atoms with van der Waals surface area (Å²) < 4.78 is 33.1. The van der Waals surface area contributed by atoms with Crippen molar-refractivity contribution in [2.75, 3.05) is 13.7 Å². The van der Waals surface area contributed by atoms with Gasteiger partial charge in [-0.3, -0.25) is 0 Å². The maximum atomic E-state index is 14.0. The van der Waals surface area contributed by atoms with Crippen LogP contribution in [0.2, 0.25) is 0 Å². The number of ether oxygens (including phenoxy) is 1. The van der Waals surface area contributed by atoms with Gasteiger partial charge < -0.3 is 10.1 Å². The molecule has 0 amide bonds. The fraction of sp³-hybridized carbons (Fsp3) is 0.571. The highest BCUT2D eigenvalue weighted by Gasteiger charge is 2.33. The zero-order valence-electron chi connectivity index (χ0n) is 11.0. The van der Waals surface area contributed by atoms with E-state index in [2.05, 4.69) is 5.32 Å². The summed E-state index contributed by atoms with van der Waals surface area (Å²) in [6, 6.07) is 2.35. The fourth-order valence-corrected chi connectivity index (χ4v) is 2.69. The van der Waals surface area contributed by atoms with Crippen LogP contribution in [0.25, 0.3) is 0 Å². The molecule has 1 aromatic rings. The van der Waals surface area contributed by atoms with E-state index in [-0.39, 0.29) is 29.7 Å². The van der Waals surface area contributed by atoms with Gasteiger partial charge in [-0.2, -0.15) is 0 Å². The van der Waals surface area contributed by atoms with E-state index >= 15 is 0 Å². The van der Waals surface area contributed by atoms with Crippen molar-refractivity contribution >= 4 is 0 Å². The third-order valence-electron chi connectivity index (χ3n) is 3.79. The lowest BCUT2D eigenvalue weighted by atomic mass is 9.87. The Kier molecular flexibility index (Phi) is 3.97. The molecule has 4 heteroatoms. The van der Waals surface area contributed by atoms with E-state index in [1.54, 1.807) is 14.0 Å². The average molecular weight is 255 g/mol. The summed E-state index contributed by atoms with van der Waals surface area (Å²) in [4.78, 5) is 0. The van der Waals surface area contributed by atoms with E-state index < -0.39 is 0 Å². The van der Waals surface area contributed by atoms with Gasteiger partial charge in [0.05, 0.1) is 6.10 Å². The largest absolute Gasteiger partial charge is 0.378 e. The standard InChI is InChI=1S/C14H19F2NO/c1-8-6-13(16)11(7-12(8)15)14(17-3)10-4-5-18-9(10)2/h6-7,9-10,14,17H,4-5H2,1-3H3. The molecular weight excluding hydrogens is 236 g/mol. The predicted molar refractivity (Wildman–Crippen MR) is 66.4 cm³/mol. The number of rotatable bonds is 3. The minimum absolute atomic E-state index is 0.0613. The van der Waals surface area contributed by atoms with Crippen LogP contribution in [0.4, 0.5) is 8.78 Å². The monoisotopic (exact) mass is 255 g/mol. The zero-order chi connectivity index (χ0) is 13.3. The first-order chi connectivity index (χ1) is 8.54. The van der Waals surface area contributed by atoms with Crippen LogP contribution >= 0.6 is 0 Å².